The van der Waals surface area contributed by atoms with E-state index in [2.05, 4.69) is 182 Å². The highest BCUT2D eigenvalue weighted by Crippen LogP contribution is 2.70. The van der Waals surface area contributed by atoms with Gasteiger partial charge in [0.15, 0.2) is 0 Å². The fraction of sp³-hybridized carbons (Fsp3) is 0.167. The van der Waals surface area contributed by atoms with Crippen LogP contribution >= 0.6 is 0 Å². The predicted octanol–water partition coefficient (Wildman–Crippen LogP) is 16.2. The molecule has 4 saturated carbocycles. The van der Waals surface area contributed by atoms with E-state index in [4.69, 9.17) is 0 Å². The highest BCUT2D eigenvalue weighted by Gasteiger charge is 2.61. The third kappa shape index (κ3) is 4.47. The molecule has 0 nitrogen and oxygen atoms in total. The molecule has 5 aliphatic rings. The van der Waals surface area contributed by atoms with Crippen LogP contribution in [0.4, 0.5) is 0 Å². The molecule has 5 aliphatic carbocycles. The van der Waals surface area contributed by atoms with Gasteiger partial charge in [-0.1, -0.05) is 158 Å². The van der Waals surface area contributed by atoms with Crippen molar-refractivity contribution in [2.45, 2.75) is 37.5 Å². The molecule has 0 atom stereocenters. The van der Waals surface area contributed by atoms with Gasteiger partial charge < -0.3 is 0 Å². The van der Waals surface area contributed by atoms with Crippen molar-refractivity contribution in [2.24, 2.45) is 23.7 Å². The minimum Gasteiger partial charge on any atom is -0.0616 e. The van der Waals surface area contributed by atoms with E-state index in [0.717, 1.165) is 23.7 Å². The van der Waals surface area contributed by atoms with E-state index in [1.807, 2.05) is 0 Å². The first kappa shape index (κ1) is 33.3. The zero-order valence-corrected chi connectivity index (χ0v) is 33.7. The van der Waals surface area contributed by atoms with Gasteiger partial charge in [-0.25, -0.2) is 0 Å². The molecule has 0 saturated heterocycles. The summed E-state index contributed by atoms with van der Waals surface area (Å²) in [5.41, 5.74) is 14.1. The van der Waals surface area contributed by atoms with Crippen molar-refractivity contribution in [3.05, 3.63) is 193 Å². The van der Waals surface area contributed by atoms with E-state index in [0.29, 0.717) is 0 Å². The highest BCUT2D eigenvalue weighted by molar-refractivity contribution is 6.22. The molecule has 1 spiro atoms. The van der Waals surface area contributed by atoms with Crippen LogP contribution in [-0.2, 0) is 5.41 Å². The molecule has 10 aromatic rings. The largest absolute Gasteiger partial charge is 0.0616 e. The zero-order chi connectivity index (χ0) is 39.1. The van der Waals surface area contributed by atoms with Gasteiger partial charge in [-0.05, 0) is 190 Å². The standard InChI is InChI=1S/C60H44/c1-2-12-41-35-57-55(32-40(41)11-1)54-34-43(25-26-56(54)60(57)44-28-36-27-37(30-44)31-45(60)29-36)59-51-19-9-7-17-49(51)58(50-18-8-10-20-52(50)59)39-23-21-38(22-24-39)53-33-42-13-3-4-14-46(42)47-15-5-6-16-48(47)53/h1-26,32-37,44-45H,27-31H2. The lowest BCUT2D eigenvalue weighted by molar-refractivity contribution is -0.0398. The predicted molar refractivity (Wildman–Crippen MR) is 254 cm³/mol. The summed E-state index contributed by atoms with van der Waals surface area (Å²) >= 11 is 0. The summed E-state index contributed by atoms with van der Waals surface area (Å²) in [6.45, 7) is 0. The SMILES string of the molecule is c1ccc2cc3c(cc2c1)-c1cc(-c2c4ccccc4c(-c4ccc(-c5cc6ccccc6c6ccccc56)cc4)c4ccccc24)ccc1C31C2CC3CC(C2)CC1C3. The third-order valence-corrected chi connectivity index (χ3v) is 16.0. The van der Waals surface area contributed by atoms with Gasteiger partial charge in [-0.3, -0.25) is 0 Å². The lowest BCUT2D eigenvalue weighted by Crippen LogP contribution is -2.55. The maximum Gasteiger partial charge on any atom is 0.0272 e. The van der Waals surface area contributed by atoms with E-state index in [9.17, 15) is 0 Å². The molecule has 15 rings (SSSR count). The van der Waals surface area contributed by atoms with Crippen LogP contribution in [0.25, 0.3) is 98.4 Å². The maximum absolute atomic E-state index is 2.62. The second kappa shape index (κ2) is 12.3. The maximum atomic E-state index is 2.62. The Labute approximate surface area is 351 Å². The van der Waals surface area contributed by atoms with Crippen LogP contribution in [0.15, 0.2) is 182 Å². The van der Waals surface area contributed by atoms with Gasteiger partial charge in [0.1, 0.15) is 0 Å². The van der Waals surface area contributed by atoms with Gasteiger partial charge >= 0.3 is 0 Å². The topological polar surface area (TPSA) is 0 Å². The van der Waals surface area contributed by atoms with E-state index in [1.165, 1.54) is 130 Å². The van der Waals surface area contributed by atoms with Crippen LogP contribution in [-0.4, -0.2) is 0 Å². The summed E-state index contributed by atoms with van der Waals surface area (Å²) in [6, 6.07) is 69.7. The molecule has 4 fully saturated rings. The lowest BCUT2D eigenvalue weighted by Gasteiger charge is -2.61. The molecule has 0 aromatic heterocycles. The Hall–Kier alpha value is -6.50. The van der Waals surface area contributed by atoms with Crippen LogP contribution in [0.2, 0.25) is 0 Å². The summed E-state index contributed by atoms with van der Waals surface area (Å²) in [5.74, 6) is 3.34. The van der Waals surface area contributed by atoms with E-state index in [-0.39, 0.29) is 5.41 Å². The number of rotatable bonds is 3. The Balaban J connectivity index is 0.959. The Morgan fingerprint density at radius 2 is 0.750 bits per heavy atom. The minimum absolute atomic E-state index is 0.139. The minimum atomic E-state index is 0.139. The molecule has 0 radical (unpaired) electrons. The fourth-order valence-corrected chi connectivity index (χ4v) is 13.9. The molecule has 0 amide bonds. The zero-order valence-electron chi connectivity index (χ0n) is 33.7. The van der Waals surface area contributed by atoms with Gasteiger partial charge in [-0.2, -0.15) is 0 Å². The van der Waals surface area contributed by atoms with Gasteiger partial charge in [0.25, 0.3) is 0 Å². The second-order valence-electron chi connectivity index (χ2n) is 18.8. The van der Waals surface area contributed by atoms with Crippen molar-refractivity contribution in [2.75, 3.05) is 0 Å². The smallest absolute Gasteiger partial charge is 0.0272 e. The number of benzene rings is 10. The normalized spacial score (nSPS) is 22.4. The quantitative estimate of drug-likeness (QED) is 0.124. The van der Waals surface area contributed by atoms with E-state index in [1.54, 1.807) is 11.1 Å². The first-order valence-corrected chi connectivity index (χ1v) is 22.3. The highest BCUT2D eigenvalue weighted by atomic mass is 14.6. The van der Waals surface area contributed by atoms with Crippen LogP contribution in [0.5, 0.6) is 0 Å². The number of hydrogen-bond donors (Lipinski definition) is 0. The molecule has 0 heterocycles. The molecular weight excluding hydrogens is 721 g/mol. The van der Waals surface area contributed by atoms with Crippen molar-refractivity contribution >= 4 is 53.9 Å². The molecule has 0 heteroatoms. The number of hydrogen-bond acceptors (Lipinski definition) is 0. The van der Waals surface area contributed by atoms with E-state index >= 15 is 0 Å². The first-order valence-electron chi connectivity index (χ1n) is 22.3. The van der Waals surface area contributed by atoms with Gasteiger partial charge in [0, 0.05) is 5.41 Å². The van der Waals surface area contributed by atoms with Crippen LogP contribution in [0.1, 0.15) is 43.2 Å². The summed E-state index contributed by atoms with van der Waals surface area (Å²) < 4.78 is 0. The van der Waals surface area contributed by atoms with Crippen molar-refractivity contribution < 1.29 is 0 Å². The Morgan fingerprint density at radius 1 is 0.300 bits per heavy atom. The molecule has 10 aromatic carbocycles. The third-order valence-electron chi connectivity index (χ3n) is 16.0. The van der Waals surface area contributed by atoms with Crippen molar-refractivity contribution in [3.63, 3.8) is 0 Å². The van der Waals surface area contributed by atoms with Gasteiger partial charge in [0.2, 0.25) is 0 Å². The molecule has 0 unspecified atom stereocenters. The van der Waals surface area contributed by atoms with Crippen LogP contribution in [0.3, 0.4) is 0 Å². The van der Waals surface area contributed by atoms with Crippen LogP contribution in [0, 0.1) is 23.7 Å². The van der Waals surface area contributed by atoms with Gasteiger partial charge in [0.05, 0.1) is 0 Å². The van der Waals surface area contributed by atoms with Crippen molar-refractivity contribution in [1.82, 2.24) is 0 Å². The number of fused-ring (bicyclic) bond motifs is 9. The molecule has 0 aliphatic heterocycles. The Morgan fingerprint density at radius 3 is 1.38 bits per heavy atom. The average molecular weight is 765 g/mol. The first-order chi connectivity index (χ1) is 29.7. The summed E-state index contributed by atoms with van der Waals surface area (Å²) in [7, 11) is 0. The Bertz CT molecular complexity index is 3350. The summed E-state index contributed by atoms with van der Waals surface area (Å²) in [4.78, 5) is 0. The molecule has 4 bridgehead atoms. The van der Waals surface area contributed by atoms with Gasteiger partial charge in [-0.15, -0.1) is 0 Å². The Kier molecular flexibility index (Phi) is 6.82. The molecule has 60 heavy (non-hydrogen) atoms. The monoisotopic (exact) mass is 764 g/mol. The molecule has 0 N–H and O–H groups in total. The molecule has 284 valence electrons. The van der Waals surface area contributed by atoms with Crippen LogP contribution < -0.4 is 0 Å². The molecular formula is C60H44. The van der Waals surface area contributed by atoms with Crippen molar-refractivity contribution in [3.8, 4) is 44.5 Å². The average Bonchev–Trinajstić information content (AvgIpc) is 3.57. The summed E-state index contributed by atoms with van der Waals surface area (Å²) in [5, 5.41) is 13.2. The second-order valence-corrected chi connectivity index (χ2v) is 18.8. The lowest BCUT2D eigenvalue weighted by atomic mass is 9.43. The summed E-state index contributed by atoms with van der Waals surface area (Å²) in [6.07, 6.45) is 7.07. The van der Waals surface area contributed by atoms with E-state index < -0.39 is 0 Å². The van der Waals surface area contributed by atoms with Crippen molar-refractivity contribution in [1.29, 1.82) is 0 Å². The fourth-order valence-electron chi connectivity index (χ4n) is 13.9.